The van der Waals surface area contributed by atoms with Crippen LogP contribution in [-0.2, 0) is 26.0 Å². The summed E-state index contributed by atoms with van der Waals surface area (Å²) < 4.78 is 39.0. The maximum absolute atomic E-state index is 13.6. The van der Waals surface area contributed by atoms with Gasteiger partial charge in [0.15, 0.2) is 11.5 Å². The van der Waals surface area contributed by atoms with Gasteiger partial charge in [-0.1, -0.05) is 55.8 Å². The van der Waals surface area contributed by atoms with Gasteiger partial charge in [-0.15, -0.1) is 0 Å². The minimum Gasteiger partial charge on any atom is -0.454 e. The highest BCUT2D eigenvalue weighted by molar-refractivity contribution is 7.89. The van der Waals surface area contributed by atoms with Crippen molar-refractivity contribution in [1.29, 1.82) is 0 Å². The molecule has 0 aliphatic carbocycles. The molecule has 0 spiro atoms. The molecule has 2 amide bonds. The maximum Gasteiger partial charge on any atom is 0.243 e. The van der Waals surface area contributed by atoms with Crippen molar-refractivity contribution in [3.63, 3.8) is 0 Å². The molecule has 1 aliphatic heterocycles. The van der Waals surface area contributed by atoms with Crippen LogP contribution in [0.15, 0.2) is 65.6 Å². The molecule has 0 saturated heterocycles. The lowest BCUT2D eigenvalue weighted by Crippen LogP contribution is -2.46. The van der Waals surface area contributed by atoms with Crippen molar-refractivity contribution in [2.75, 3.05) is 26.5 Å². The van der Waals surface area contributed by atoms with Crippen LogP contribution in [0.25, 0.3) is 10.8 Å². The number of carbonyl (C=O) groups excluding carboxylic acids is 2. The Morgan fingerprint density at radius 1 is 1.07 bits per heavy atom. The lowest BCUT2D eigenvalue weighted by Gasteiger charge is -2.31. The Morgan fingerprint density at radius 2 is 1.83 bits per heavy atom. The van der Waals surface area contributed by atoms with Crippen LogP contribution in [-0.4, -0.2) is 62.2 Å². The van der Waals surface area contributed by atoms with E-state index in [9.17, 15) is 23.1 Å². The molecule has 3 aromatic rings. The maximum atomic E-state index is 13.6. The normalized spacial score (nSPS) is 14.2. The molecule has 2 atom stereocenters. The van der Waals surface area contributed by atoms with Crippen LogP contribution in [0, 0.1) is 12.3 Å². The number of unbranched alkanes of at least 4 members (excludes halogenated alkanes) is 1. The quantitative estimate of drug-likeness (QED) is 0.233. The van der Waals surface area contributed by atoms with Crippen LogP contribution < -0.4 is 20.5 Å². The van der Waals surface area contributed by atoms with Gasteiger partial charge in [-0.2, -0.15) is 4.31 Å². The van der Waals surface area contributed by atoms with Crippen molar-refractivity contribution >= 4 is 32.6 Å². The number of nitrogens with zero attached hydrogens (tertiary/aromatic N) is 1. The predicted molar refractivity (Wildman–Crippen MR) is 155 cm³/mol. The summed E-state index contributed by atoms with van der Waals surface area (Å²) in [7, 11) is -4.11. The van der Waals surface area contributed by atoms with Gasteiger partial charge in [0.05, 0.1) is 17.9 Å². The Bertz CT molecular complexity index is 1470. The van der Waals surface area contributed by atoms with Gasteiger partial charge < -0.3 is 25.6 Å². The topological polar surface area (TPSA) is 148 Å². The first-order valence-corrected chi connectivity index (χ1v) is 15.0. The van der Waals surface area contributed by atoms with E-state index >= 15 is 0 Å². The molecule has 3 aromatic carbocycles. The van der Waals surface area contributed by atoms with Crippen molar-refractivity contribution < 1.29 is 32.6 Å². The summed E-state index contributed by atoms with van der Waals surface area (Å²) in [6, 6.07) is 17.5. The third-order valence-electron chi connectivity index (χ3n) is 7.16. The van der Waals surface area contributed by atoms with E-state index in [1.807, 2.05) is 42.5 Å². The number of rotatable bonds is 15. The molecule has 41 heavy (non-hydrogen) atoms. The Labute approximate surface area is 240 Å². The molecule has 4 rings (SSSR count). The van der Waals surface area contributed by atoms with E-state index in [0.717, 1.165) is 20.6 Å². The fourth-order valence-corrected chi connectivity index (χ4v) is 6.52. The Kier molecular flexibility index (Phi) is 10.2. The van der Waals surface area contributed by atoms with Gasteiger partial charge in [0, 0.05) is 31.1 Å². The van der Waals surface area contributed by atoms with E-state index in [0.29, 0.717) is 43.7 Å². The summed E-state index contributed by atoms with van der Waals surface area (Å²) in [5.74, 6) is -0.850. The van der Waals surface area contributed by atoms with Gasteiger partial charge in [0.25, 0.3) is 0 Å². The second kappa shape index (κ2) is 13.8. The van der Waals surface area contributed by atoms with E-state index in [4.69, 9.17) is 15.2 Å². The van der Waals surface area contributed by atoms with Crippen molar-refractivity contribution in [2.24, 2.45) is 11.7 Å². The van der Waals surface area contributed by atoms with E-state index in [-0.39, 0.29) is 24.1 Å². The summed E-state index contributed by atoms with van der Waals surface area (Å²) in [5.41, 5.74) is 6.50. The molecule has 10 nitrogen and oxygen atoms in total. The Balaban J connectivity index is 1.32. The molecule has 1 heterocycles. The SMILES string of the molecule is CC(CN(C(CO)CCCCNC(=O)[CH]Cc1cccc2ccccc12)S(=O)(=O)c1ccc2c(c1)OCO2)C(N)=O. The number of amides is 2. The van der Waals surface area contributed by atoms with E-state index in [1.54, 1.807) is 13.3 Å². The number of fused-ring (bicyclic) bond motifs is 2. The van der Waals surface area contributed by atoms with Crippen LogP contribution in [0.2, 0.25) is 0 Å². The van der Waals surface area contributed by atoms with Crippen LogP contribution >= 0.6 is 0 Å². The molecular formula is C30H36N3O7S. The number of hydrogen-bond donors (Lipinski definition) is 3. The molecule has 1 aliphatic rings. The van der Waals surface area contributed by atoms with Crippen molar-refractivity contribution in [3.05, 3.63) is 72.6 Å². The van der Waals surface area contributed by atoms with Gasteiger partial charge in [-0.3, -0.25) is 9.59 Å². The number of primary amides is 1. The summed E-state index contributed by atoms with van der Waals surface area (Å²) in [6.45, 7) is 1.31. The largest absolute Gasteiger partial charge is 0.454 e. The summed E-state index contributed by atoms with van der Waals surface area (Å²) in [5, 5.41) is 15.3. The average Bonchev–Trinajstić information content (AvgIpc) is 3.45. The second-order valence-electron chi connectivity index (χ2n) is 10.1. The lowest BCUT2D eigenvalue weighted by atomic mass is 10.0. The number of nitrogens with two attached hydrogens (primary N) is 1. The smallest absolute Gasteiger partial charge is 0.243 e. The number of carbonyl (C=O) groups is 2. The summed E-state index contributed by atoms with van der Waals surface area (Å²) in [6.07, 6.45) is 3.55. The average molecular weight is 583 g/mol. The summed E-state index contributed by atoms with van der Waals surface area (Å²) >= 11 is 0. The molecule has 219 valence electrons. The first kappa shape index (κ1) is 30.3. The van der Waals surface area contributed by atoms with Gasteiger partial charge in [-0.05, 0) is 47.7 Å². The molecule has 0 bridgehead atoms. The zero-order valence-electron chi connectivity index (χ0n) is 23.0. The fourth-order valence-electron chi connectivity index (χ4n) is 4.76. The minimum atomic E-state index is -4.11. The van der Waals surface area contributed by atoms with Crippen molar-refractivity contribution in [3.8, 4) is 11.5 Å². The molecule has 1 radical (unpaired) electrons. The molecular weight excluding hydrogens is 546 g/mol. The van der Waals surface area contributed by atoms with Gasteiger partial charge in [0.2, 0.25) is 28.6 Å². The standard InChI is InChI=1S/C30H36N3O7S/c1-21(30(31)36)18-33(41(37,38)25-13-14-27-28(17-25)40-20-39-27)24(19-34)10-4-5-16-32-29(35)15-12-23-9-6-8-22-7-2-3-11-26(22)23/h2-3,6-9,11,13-15,17,21,24,34H,4-5,10,12,16,18-20H2,1H3,(H2,31,36)(H,32,35). The molecule has 0 saturated carbocycles. The van der Waals surface area contributed by atoms with Crippen molar-refractivity contribution in [1.82, 2.24) is 9.62 Å². The number of nitrogens with one attached hydrogen (secondary N) is 1. The van der Waals surface area contributed by atoms with Crippen molar-refractivity contribution in [2.45, 2.75) is 43.5 Å². The van der Waals surface area contributed by atoms with Gasteiger partial charge in [0.1, 0.15) is 0 Å². The number of aliphatic hydroxyl groups excluding tert-OH is 1. The first-order valence-electron chi connectivity index (χ1n) is 13.6. The zero-order chi connectivity index (χ0) is 29.4. The van der Waals surface area contributed by atoms with Gasteiger partial charge in [-0.25, -0.2) is 8.42 Å². The highest BCUT2D eigenvalue weighted by atomic mass is 32.2. The third kappa shape index (κ3) is 7.55. The minimum absolute atomic E-state index is 0.00200. The molecule has 0 fully saturated rings. The lowest BCUT2D eigenvalue weighted by molar-refractivity contribution is -0.121. The highest BCUT2D eigenvalue weighted by Crippen LogP contribution is 2.35. The van der Waals surface area contributed by atoms with E-state index < -0.39 is 34.5 Å². The zero-order valence-corrected chi connectivity index (χ0v) is 23.8. The first-order chi connectivity index (χ1) is 19.7. The van der Waals surface area contributed by atoms with Crippen LogP contribution in [0.4, 0.5) is 0 Å². The van der Waals surface area contributed by atoms with E-state index in [2.05, 4.69) is 5.32 Å². The van der Waals surface area contributed by atoms with Crippen LogP contribution in [0.5, 0.6) is 11.5 Å². The molecule has 2 unspecified atom stereocenters. The van der Waals surface area contributed by atoms with E-state index in [1.165, 1.54) is 18.2 Å². The Morgan fingerprint density at radius 3 is 2.61 bits per heavy atom. The van der Waals surface area contributed by atoms with Crippen LogP contribution in [0.1, 0.15) is 31.7 Å². The molecule has 11 heteroatoms. The summed E-state index contributed by atoms with van der Waals surface area (Å²) in [4.78, 5) is 24.2. The predicted octanol–water partition coefficient (Wildman–Crippen LogP) is 2.77. The number of sulfonamides is 1. The number of hydrogen-bond acceptors (Lipinski definition) is 7. The van der Waals surface area contributed by atoms with Gasteiger partial charge >= 0.3 is 0 Å². The third-order valence-corrected chi connectivity index (χ3v) is 9.07. The second-order valence-corrected chi connectivity index (χ2v) is 12.0. The Hall–Kier alpha value is -3.67. The number of aliphatic hydroxyl groups is 1. The number of benzene rings is 3. The highest BCUT2D eigenvalue weighted by Gasteiger charge is 2.34. The molecule has 0 aromatic heterocycles. The van der Waals surface area contributed by atoms with Crippen LogP contribution in [0.3, 0.4) is 0 Å². The number of ether oxygens (including phenoxy) is 2. The monoisotopic (exact) mass is 582 g/mol. The molecule has 4 N–H and O–H groups in total. The fraction of sp³-hybridized carbons (Fsp3) is 0.367.